The summed E-state index contributed by atoms with van der Waals surface area (Å²) in [5.74, 6) is 0.281. The van der Waals surface area contributed by atoms with Crippen LogP contribution in [0.5, 0.6) is 0 Å². The molecule has 0 saturated carbocycles. The first-order valence-electron chi connectivity index (χ1n) is 5.94. The van der Waals surface area contributed by atoms with Crippen LogP contribution in [0.3, 0.4) is 0 Å². The van der Waals surface area contributed by atoms with Crippen LogP contribution >= 0.6 is 12.6 Å². The van der Waals surface area contributed by atoms with Crippen molar-refractivity contribution in [2.24, 2.45) is 0 Å². The average molecular weight is 291 g/mol. The summed E-state index contributed by atoms with van der Waals surface area (Å²) in [7, 11) is 0. The monoisotopic (exact) mass is 291 g/mol. The van der Waals surface area contributed by atoms with Gasteiger partial charge >= 0.3 is 0 Å². The highest BCUT2D eigenvalue weighted by Gasteiger charge is 2.07. The van der Waals surface area contributed by atoms with Gasteiger partial charge < -0.3 is 5.32 Å². The largest absolute Gasteiger partial charge is 0.351 e. The lowest BCUT2D eigenvalue weighted by Crippen LogP contribution is -2.28. The van der Waals surface area contributed by atoms with E-state index in [1.165, 1.54) is 12.1 Å². The molecule has 0 unspecified atom stereocenters. The Kier molecular flexibility index (Phi) is 4.41. The third-order valence-electron chi connectivity index (χ3n) is 2.58. The molecule has 0 atom stereocenters. The number of nitrogens with zero attached hydrogens (tertiary/aromatic N) is 1. The Hall–Kier alpha value is -2.28. The number of amides is 1. The van der Waals surface area contributed by atoms with Gasteiger partial charge in [0.25, 0.3) is 17.0 Å². The highest BCUT2D eigenvalue weighted by Crippen LogP contribution is 2.07. The van der Waals surface area contributed by atoms with E-state index in [2.05, 4.69) is 23.0 Å². The lowest BCUT2D eigenvalue weighted by atomic mass is 10.2. The van der Waals surface area contributed by atoms with E-state index in [4.69, 9.17) is 0 Å². The molecule has 6 nitrogen and oxygen atoms in total. The van der Waals surface area contributed by atoms with E-state index >= 15 is 0 Å². The van der Waals surface area contributed by atoms with E-state index in [0.717, 1.165) is 10.7 Å². The molecule has 0 aliphatic heterocycles. The minimum Gasteiger partial charge on any atom is -0.351 e. The Morgan fingerprint density at radius 1 is 1.25 bits per heavy atom. The van der Waals surface area contributed by atoms with Gasteiger partial charge in [0, 0.05) is 30.0 Å². The molecule has 1 aromatic carbocycles. The summed E-state index contributed by atoms with van der Waals surface area (Å²) < 4.78 is 1.09. The molecule has 0 radical (unpaired) electrons. The molecule has 1 amide bonds. The van der Waals surface area contributed by atoms with Crippen LogP contribution in [0.25, 0.3) is 5.69 Å². The molecule has 0 saturated heterocycles. The Balaban J connectivity index is 2.39. The van der Waals surface area contributed by atoms with Gasteiger partial charge in [0.05, 0.1) is 5.69 Å². The molecule has 0 bridgehead atoms. The highest BCUT2D eigenvalue weighted by atomic mass is 32.1. The summed E-state index contributed by atoms with van der Waals surface area (Å²) in [6.45, 7) is 0.453. The van der Waals surface area contributed by atoms with Crippen LogP contribution < -0.4 is 16.4 Å². The zero-order valence-corrected chi connectivity index (χ0v) is 11.4. The number of H-pyrrole nitrogens is 1. The summed E-state index contributed by atoms with van der Waals surface area (Å²) in [5, 5.41) is 5.08. The number of carbonyl (C=O) groups is 1. The van der Waals surface area contributed by atoms with Crippen molar-refractivity contribution in [2.75, 3.05) is 12.3 Å². The Bertz CT molecular complexity index is 736. The van der Waals surface area contributed by atoms with E-state index in [0.29, 0.717) is 23.5 Å². The Morgan fingerprint density at radius 3 is 2.80 bits per heavy atom. The number of hydrogen-bond acceptors (Lipinski definition) is 4. The first-order chi connectivity index (χ1) is 9.61. The zero-order chi connectivity index (χ0) is 14.5. The summed E-state index contributed by atoms with van der Waals surface area (Å²) in [4.78, 5) is 34.8. The second-order valence-electron chi connectivity index (χ2n) is 4.01. The van der Waals surface area contributed by atoms with E-state index in [-0.39, 0.29) is 11.5 Å². The molecule has 2 N–H and O–H groups in total. The van der Waals surface area contributed by atoms with Crippen molar-refractivity contribution in [1.29, 1.82) is 0 Å². The molecule has 104 valence electrons. The summed E-state index contributed by atoms with van der Waals surface area (Å²) in [6.07, 6.45) is 0. The third kappa shape index (κ3) is 3.18. The van der Waals surface area contributed by atoms with Gasteiger partial charge in [0.15, 0.2) is 0 Å². The van der Waals surface area contributed by atoms with Gasteiger partial charge in [-0.25, -0.2) is 4.68 Å². The summed E-state index contributed by atoms with van der Waals surface area (Å²) >= 11 is 4.01. The molecule has 0 aliphatic carbocycles. The minimum atomic E-state index is -0.394. The predicted octanol–water partition coefficient (Wildman–Crippen LogP) is 0.185. The van der Waals surface area contributed by atoms with Gasteiger partial charge in [-0.1, -0.05) is 6.07 Å². The van der Waals surface area contributed by atoms with Crippen molar-refractivity contribution >= 4 is 18.5 Å². The first-order valence-corrected chi connectivity index (χ1v) is 6.57. The van der Waals surface area contributed by atoms with Gasteiger partial charge in [0.2, 0.25) is 0 Å². The van der Waals surface area contributed by atoms with Crippen LogP contribution in [-0.2, 0) is 0 Å². The lowest BCUT2D eigenvalue weighted by molar-refractivity contribution is 0.0956. The van der Waals surface area contributed by atoms with E-state index in [1.54, 1.807) is 18.2 Å². The average Bonchev–Trinajstić information content (AvgIpc) is 2.47. The van der Waals surface area contributed by atoms with Crippen LogP contribution in [0.4, 0.5) is 0 Å². The van der Waals surface area contributed by atoms with E-state index in [9.17, 15) is 14.4 Å². The number of benzene rings is 1. The normalized spacial score (nSPS) is 10.2. The first kappa shape index (κ1) is 14.1. The number of aromatic nitrogens is 2. The maximum Gasteiger partial charge on any atom is 0.269 e. The fourth-order valence-corrected chi connectivity index (χ4v) is 1.79. The van der Waals surface area contributed by atoms with Gasteiger partial charge in [-0.2, -0.15) is 12.6 Å². The number of nitrogens with one attached hydrogen (secondary N) is 2. The highest BCUT2D eigenvalue weighted by molar-refractivity contribution is 7.80. The number of aromatic amines is 1. The maximum absolute atomic E-state index is 11.8. The smallest absolute Gasteiger partial charge is 0.269 e. The molecular formula is C13H13N3O3S. The molecule has 2 aromatic rings. The minimum absolute atomic E-state index is 0.257. The third-order valence-corrected chi connectivity index (χ3v) is 2.81. The van der Waals surface area contributed by atoms with Crippen molar-refractivity contribution in [2.45, 2.75) is 0 Å². The van der Waals surface area contributed by atoms with Crippen LogP contribution in [0.1, 0.15) is 10.4 Å². The second-order valence-corrected chi connectivity index (χ2v) is 4.46. The Labute approximate surface area is 119 Å². The molecule has 7 heteroatoms. The van der Waals surface area contributed by atoms with Crippen molar-refractivity contribution in [3.05, 3.63) is 62.7 Å². The van der Waals surface area contributed by atoms with E-state index < -0.39 is 5.56 Å². The van der Waals surface area contributed by atoms with Crippen molar-refractivity contribution in [3.63, 3.8) is 0 Å². The van der Waals surface area contributed by atoms with Crippen molar-refractivity contribution in [1.82, 2.24) is 15.1 Å². The second kappa shape index (κ2) is 6.25. The summed E-state index contributed by atoms with van der Waals surface area (Å²) in [5.41, 5.74) is 0.0548. The molecule has 0 aliphatic rings. The zero-order valence-electron chi connectivity index (χ0n) is 10.5. The van der Waals surface area contributed by atoms with Crippen LogP contribution in [0.2, 0.25) is 0 Å². The predicted molar refractivity (Wildman–Crippen MR) is 78.8 cm³/mol. The molecule has 1 heterocycles. The number of carbonyl (C=O) groups excluding carboxylic acids is 1. The van der Waals surface area contributed by atoms with Crippen LogP contribution in [-0.4, -0.2) is 28.0 Å². The lowest BCUT2D eigenvalue weighted by Gasteiger charge is -2.07. The number of thiol groups is 1. The molecular weight excluding hydrogens is 278 g/mol. The van der Waals surface area contributed by atoms with E-state index in [1.807, 2.05) is 0 Å². The van der Waals surface area contributed by atoms with Crippen molar-refractivity contribution < 1.29 is 4.79 Å². The SMILES string of the molecule is O=C(NCCS)c1cccc(-n2[nH]c(=O)ccc2=O)c1. The van der Waals surface area contributed by atoms with Crippen molar-refractivity contribution in [3.8, 4) is 5.69 Å². The molecule has 20 heavy (non-hydrogen) atoms. The van der Waals surface area contributed by atoms with Gasteiger partial charge in [-0.3, -0.25) is 19.5 Å². The fourth-order valence-electron chi connectivity index (χ4n) is 1.67. The fraction of sp³-hybridized carbons (Fsp3) is 0.154. The molecule has 2 rings (SSSR count). The van der Waals surface area contributed by atoms with Crippen LogP contribution in [0.15, 0.2) is 46.0 Å². The van der Waals surface area contributed by atoms with Gasteiger partial charge in [-0.05, 0) is 18.2 Å². The van der Waals surface area contributed by atoms with Crippen LogP contribution in [0, 0.1) is 0 Å². The molecule has 0 spiro atoms. The van der Waals surface area contributed by atoms with Gasteiger partial charge in [0.1, 0.15) is 0 Å². The number of hydrogen-bond donors (Lipinski definition) is 3. The molecule has 0 fully saturated rings. The number of rotatable bonds is 4. The molecule has 1 aromatic heterocycles. The Morgan fingerprint density at radius 2 is 2.05 bits per heavy atom. The topological polar surface area (TPSA) is 84.0 Å². The quantitative estimate of drug-likeness (QED) is 0.703. The maximum atomic E-state index is 11.8. The van der Waals surface area contributed by atoms with Gasteiger partial charge in [-0.15, -0.1) is 0 Å². The summed E-state index contributed by atoms with van der Waals surface area (Å²) in [6, 6.07) is 8.76. The standard InChI is InChI=1S/C13H13N3O3S/c17-11-4-5-12(18)16(15-11)10-3-1-2-9(8-10)13(19)14-6-7-20/h1-5,8,20H,6-7H2,(H,14,19)(H,15,17).